The lowest BCUT2D eigenvalue weighted by atomic mass is 10.1. The van der Waals surface area contributed by atoms with E-state index in [0.29, 0.717) is 29.7 Å². The van der Waals surface area contributed by atoms with E-state index in [-0.39, 0.29) is 17.7 Å². The molecule has 1 aromatic heterocycles. The summed E-state index contributed by atoms with van der Waals surface area (Å²) < 4.78 is 0.752. The molecule has 0 fully saturated rings. The molecule has 0 bridgehead atoms. The molecule has 0 atom stereocenters. The molecule has 2 rings (SSSR count). The quantitative estimate of drug-likeness (QED) is 0.703. The van der Waals surface area contributed by atoms with E-state index in [0.717, 1.165) is 4.47 Å². The van der Waals surface area contributed by atoms with Crippen molar-refractivity contribution in [3.8, 4) is 0 Å². The van der Waals surface area contributed by atoms with Crippen LogP contribution in [-0.2, 0) is 4.79 Å². The van der Waals surface area contributed by atoms with Crippen LogP contribution in [0.25, 0.3) is 11.0 Å². The van der Waals surface area contributed by atoms with Gasteiger partial charge in [0.2, 0.25) is 5.91 Å². The fourth-order valence-corrected chi connectivity index (χ4v) is 2.20. The number of benzene rings is 1. The molecule has 0 aliphatic heterocycles. The highest BCUT2D eigenvalue weighted by molar-refractivity contribution is 9.10. The summed E-state index contributed by atoms with van der Waals surface area (Å²) in [6, 6.07) is 3.46. The Bertz CT molecular complexity index is 668. The van der Waals surface area contributed by atoms with Crippen molar-refractivity contribution in [1.82, 2.24) is 26.0 Å². The minimum Gasteiger partial charge on any atom is -0.354 e. The van der Waals surface area contributed by atoms with Crippen LogP contribution in [0.1, 0.15) is 24.2 Å². The maximum Gasteiger partial charge on any atom is 0.253 e. The monoisotopic (exact) mass is 353 g/mol. The third-order valence-electron chi connectivity index (χ3n) is 2.87. The summed E-state index contributed by atoms with van der Waals surface area (Å²) in [7, 11) is 0. The number of hydrogen-bond acceptors (Lipinski definition) is 4. The lowest BCUT2D eigenvalue weighted by Gasteiger charge is -2.09. The van der Waals surface area contributed by atoms with Crippen LogP contribution < -0.4 is 10.6 Å². The fourth-order valence-electron chi connectivity index (χ4n) is 1.75. The molecular weight excluding hydrogens is 338 g/mol. The first kappa shape index (κ1) is 15.4. The predicted molar refractivity (Wildman–Crippen MR) is 81.8 cm³/mol. The van der Waals surface area contributed by atoms with Gasteiger partial charge >= 0.3 is 0 Å². The summed E-state index contributed by atoms with van der Waals surface area (Å²) in [6.45, 7) is 4.37. The summed E-state index contributed by atoms with van der Waals surface area (Å²) in [5.74, 6) is -0.361. The zero-order valence-electron chi connectivity index (χ0n) is 11.7. The molecule has 8 heteroatoms. The maximum atomic E-state index is 12.2. The van der Waals surface area contributed by atoms with Crippen LogP contribution in [0.3, 0.4) is 0 Å². The number of carbonyl (C=O) groups is 2. The van der Waals surface area contributed by atoms with E-state index < -0.39 is 0 Å². The molecule has 0 aliphatic carbocycles. The van der Waals surface area contributed by atoms with E-state index in [1.807, 2.05) is 13.8 Å². The number of halogens is 1. The van der Waals surface area contributed by atoms with E-state index in [4.69, 9.17) is 0 Å². The topological polar surface area (TPSA) is 99.8 Å². The Hall–Kier alpha value is -1.96. The molecule has 0 unspecified atom stereocenters. The van der Waals surface area contributed by atoms with Crippen LogP contribution in [0.15, 0.2) is 16.6 Å². The van der Waals surface area contributed by atoms with E-state index in [1.165, 1.54) is 0 Å². The minimum absolute atomic E-state index is 0.0365. The Kier molecular flexibility index (Phi) is 4.89. The normalized spacial score (nSPS) is 10.9. The maximum absolute atomic E-state index is 12.2. The van der Waals surface area contributed by atoms with E-state index in [2.05, 4.69) is 42.0 Å². The molecule has 1 aromatic carbocycles. The molecule has 0 aliphatic rings. The van der Waals surface area contributed by atoms with Gasteiger partial charge in [0.1, 0.15) is 11.0 Å². The van der Waals surface area contributed by atoms with Crippen LogP contribution in [0.4, 0.5) is 0 Å². The molecule has 1 heterocycles. The number of nitrogens with zero attached hydrogens (tertiary/aromatic N) is 2. The first-order valence-corrected chi connectivity index (χ1v) is 7.34. The van der Waals surface area contributed by atoms with Gasteiger partial charge in [-0.3, -0.25) is 9.59 Å². The summed E-state index contributed by atoms with van der Waals surface area (Å²) in [5, 5.41) is 15.9. The van der Waals surface area contributed by atoms with Crippen LogP contribution in [0.5, 0.6) is 0 Å². The van der Waals surface area contributed by atoms with Crippen molar-refractivity contribution < 1.29 is 9.59 Å². The molecule has 0 spiro atoms. The second-order valence-corrected chi connectivity index (χ2v) is 5.76. The van der Waals surface area contributed by atoms with Gasteiger partial charge in [0, 0.05) is 23.5 Å². The minimum atomic E-state index is -0.256. The summed E-state index contributed by atoms with van der Waals surface area (Å²) in [4.78, 5) is 23.6. The van der Waals surface area contributed by atoms with Crippen LogP contribution in [0.2, 0.25) is 0 Å². The number of aromatic amines is 1. The van der Waals surface area contributed by atoms with Crippen molar-refractivity contribution in [2.45, 2.75) is 13.8 Å². The fraction of sp³-hybridized carbons (Fsp3) is 0.385. The van der Waals surface area contributed by atoms with E-state index in [1.54, 1.807) is 12.1 Å². The number of fused-ring (bicyclic) bond motifs is 1. The van der Waals surface area contributed by atoms with Crippen molar-refractivity contribution >= 4 is 38.8 Å². The second kappa shape index (κ2) is 6.66. The average molecular weight is 354 g/mol. The molecule has 2 amide bonds. The summed E-state index contributed by atoms with van der Waals surface area (Å²) in [5.41, 5.74) is 1.56. The summed E-state index contributed by atoms with van der Waals surface area (Å²) >= 11 is 3.33. The van der Waals surface area contributed by atoms with Gasteiger partial charge in [-0.25, -0.2) is 0 Å². The van der Waals surface area contributed by atoms with E-state index in [9.17, 15) is 9.59 Å². The Morgan fingerprint density at radius 1 is 1.24 bits per heavy atom. The molecule has 112 valence electrons. The lowest BCUT2D eigenvalue weighted by Crippen LogP contribution is -2.36. The first-order chi connectivity index (χ1) is 9.99. The van der Waals surface area contributed by atoms with Gasteiger partial charge in [-0.1, -0.05) is 29.8 Å². The highest BCUT2D eigenvalue weighted by Crippen LogP contribution is 2.20. The molecular formula is C13H16BrN5O2. The second-order valence-electron chi connectivity index (χ2n) is 4.85. The zero-order chi connectivity index (χ0) is 15.4. The van der Waals surface area contributed by atoms with Gasteiger partial charge in [-0.05, 0) is 12.1 Å². The van der Waals surface area contributed by atoms with Crippen LogP contribution >= 0.6 is 15.9 Å². The molecule has 21 heavy (non-hydrogen) atoms. The molecule has 0 saturated heterocycles. The number of nitrogens with one attached hydrogen (secondary N) is 3. The Balaban J connectivity index is 1.96. The number of H-pyrrole nitrogens is 1. The molecule has 2 aromatic rings. The van der Waals surface area contributed by atoms with E-state index >= 15 is 0 Å². The highest BCUT2D eigenvalue weighted by atomic mass is 79.9. The van der Waals surface area contributed by atoms with Gasteiger partial charge in [0.25, 0.3) is 5.91 Å². The van der Waals surface area contributed by atoms with Gasteiger partial charge < -0.3 is 10.6 Å². The van der Waals surface area contributed by atoms with Crippen LogP contribution in [0, 0.1) is 5.92 Å². The zero-order valence-corrected chi connectivity index (χ0v) is 13.3. The predicted octanol–water partition coefficient (Wildman–Crippen LogP) is 1.22. The number of hydrogen-bond donors (Lipinski definition) is 3. The standard InChI is InChI=1S/C13H16BrN5O2/c1-7(2)12(20)15-3-4-16-13(21)9-5-8(14)6-10-11(9)18-19-17-10/h5-7H,3-4H2,1-2H3,(H,15,20)(H,16,21)(H,17,18,19). The first-order valence-electron chi connectivity index (χ1n) is 6.55. The lowest BCUT2D eigenvalue weighted by molar-refractivity contribution is -0.123. The van der Waals surface area contributed by atoms with Crippen molar-refractivity contribution in [3.63, 3.8) is 0 Å². The number of carbonyl (C=O) groups excluding carboxylic acids is 2. The van der Waals surface area contributed by atoms with Gasteiger partial charge in [-0.15, -0.1) is 0 Å². The van der Waals surface area contributed by atoms with Crippen molar-refractivity contribution in [1.29, 1.82) is 0 Å². The van der Waals surface area contributed by atoms with Crippen LogP contribution in [-0.4, -0.2) is 40.3 Å². The Morgan fingerprint density at radius 2 is 1.95 bits per heavy atom. The number of amides is 2. The highest BCUT2D eigenvalue weighted by Gasteiger charge is 2.14. The van der Waals surface area contributed by atoms with Gasteiger partial charge in [0.05, 0.1) is 5.56 Å². The number of rotatable bonds is 5. The smallest absolute Gasteiger partial charge is 0.253 e. The third-order valence-corrected chi connectivity index (χ3v) is 3.32. The molecule has 0 radical (unpaired) electrons. The molecule has 0 saturated carbocycles. The molecule has 7 nitrogen and oxygen atoms in total. The van der Waals surface area contributed by atoms with Gasteiger partial charge in [0.15, 0.2) is 0 Å². The Morgan fingerprint density at radius 3 is 2.67 bits per heavy atom. The SMILES string of the molecule is CC(C)C(=O)NCCNC(=O)c1cc(Br)cc2n[nH]nc12. The average Bonchev–Trinajstić information content (AvgIpc) is 2.89. The van der Waals surface area contributed by atoms with Crippen molar-refractivity contribution in [2.24, 2.45) is 5.92 Å². The van der Waals surface area contributed by atoms with Crippen molar-refractivity contribution in [2.75, 3.05) is 13.1 Å². The third kappa shape index (κ3) is 3.78. The van der Waals surface area contributed by atoms with Gasteiger partial charge in [-0.2, -0.15) is 15.4 Å². The summed E-state index contributed by atoms with van der Waals surface area (Å²) in [6.07, 6.45) is 0. The van der Waals surface area contributed by atoms with Crippen molar-refractivity contribution in [3.05, 3.63) is 22.2 Å². The largest absolute Gasteiger partial charge is 0.354 e. The molecule has 3 N–H and O–H groups in total. The number of aromatic nitrogens is 3. The Labute approximate surface area is 130 Å².